The largest absolute Gasteiger partial charge is 0.508 e. The van der Waals surface area contributed by atoms with Gasteiger partial charge in [0.1, 0.15) is 5.75 Å². The summed E-state index contributed by atoms with van der Waals surface area (Å²) in [6.45, 7) is 1.92. The molecule has 0 radical (unpaired) electrons. The summed E-state index contributed by atoms with van der Waals surface area (Å²) < 4.78 is 1.10. The van der Waals surface area contributed by atoms with E-state index in [1.807, 2.05) is 31.2 Å². The molecule has 0 fully saturated rings. The molecule has 1 nitrogen and oxygen atoms in total. The molecule has 0 spiro atoms. The maximum atomic E-state index is 9.44. The van der Waals surface area contributed by atoms with Crippen molar-refractivity contribution in [2.24, 2.45) is 0 Å². The molecule has 0 bridgehead atoms. The van der Waals surface area contributed by atoms with Gasteiger partial charge in [0.15, 0.2) is 0 Å². The summed E-state index contributed by atoms with van der Waals surface area (Å²) in [5.41, 5.74) is 3.42. The second-order valence-electron chi connectivity index (χ2n) is 3.92. The van der Waals surface area contributed by atoms with E-state index >= 15 is 0 Å². The van der Waals surface area contributed by atoms with E-state index < -0.39 is 0 Å². The van der Waals surface area contributed by atoms with Gasteiger partial charge in [0, 0.05) is 4.47 Å². The fourth-order valence-corrected chi connectivity index (χ4v) is 1.93. The van der Waals surface area contributed by atoms with Gasteiger partial charge in [-0.05, 0) is 48.2 Å². The number of halogens is 1. The minimum atomic E-state index is 0.361. The Morgan fingerprint density at radius 1 is 1.00 bits per heavy atom. The van der Waals surface area contributed by atoms with Crippen LogP contribution in [0.2, 0.25) is 0 Å². The molecule has 0 aliphatic rings. The Hall–Kier alpha value is -1.28. The number of rotatable bonds is 2. The van der Waals surface area contributed by atoms with Crippen molar-refractivity contribution in [2.45, 2.75) is 13.3 Å². The fraction of sp³-hybridized carbons (Fsp3) is 0.143. The predicted octanol–water partition coefficient (Wildman–Crippen LogP) is 4.05. The van der Waals surface area contributed by atoms with Crippen LogP contribution in [0, 0.1) is 6.92 Å². The van der Waals surface area contributed by atoms with E-state index in [0.29, 0.717) is 5.75 Å². The molecular formula is C14H13BrO. The van der Waals surface area contributed by atoms with Crippen LogP contribution in [0.1, 0.15) is 16.7 Å². The number of aromatic hydroxyl groups is 1. The van der Waals surface area contributed by atoms with Gasteiger partial charge < -0.3 is 5.11 Å². The van der Waals surface area contributed by atoms with Gasteiger partial charge in [-0.15, -0.1) is 0 Å². The third-order valence-electron chi connectivity index (χ3n) is 2.58. The van der Waals surface area contributed by atoms with E-state index in [4.69, 9.17) is 0 Å². The molecule has 16 heavy (non-hydrogen) atoms. The highest BCUT2D eigenvalue weighted by Crippen LogP contribution is 2.20. The zero-order valence-electron chi connectivity index (χ0n) is 9.07. The van der Waals surface area contributed by atoms with Crippen LogP contribution < -0.4 is 0 Å². The van der Waals surface area contributed by atoms with Crippen molar-refractivity contribution in [1.82, 2.24) is 0 Å². The second-order valence-corrected chi connectivity index (χ2v) is 4.84. The lowest BCUT2D eigenvalue weighted by atomic mass is 10.0. The number of hydrogen-bond acceptors (Lipinski definition) is 1. The first-order chi connectivity index (χ1) is 7.65. The molecule has 0 amide bonds. The monoisotopic (exact) mass is 276 g/mol. The third kappa shape index (κ3) is 2.64. The number of hydrogen-bond donors (Lipinski definition) is 1. The summed E-state index contributed by atoms with van der Waals surface area (Å²) in [6.07, 6.45) is 0.897. The average Bonchev–Trinajstić information content (AvgIpc) is 2.27. The molecule has 2 aromatic rings. The number of benzene rings is 2. The molecule has 0 atom stereocenters. The van der Waals surface area contributed by atoms with Gasteiger partial charge in [0.2, 0.25) is 0 Å². The number of phenols is 1. The van der Waals surface area contributed by atoms with Crippen molar-refractivity contribution < 1.29 is 5.11 Å². The van der Waals surface area contributed by atoms with Crippen molar-refractivity contribution in [3.05, 3.63) is 63.6 Å². The lowest BCUT2D eigenvalue weighted by Gasteiger charge is -2.05. The minimum Gasteiger partial charge on any atom is -0.508 e. The first-order valence-corrected chi connectivity index (χ1v) is 5.97. The SMILES string of the molecule is Cc1cc(Cc2ccc(Br)cc2)ccc1O. The Morgan fingerprint density at radius 2 is 1.62 bits per heavy atom. The van der Waals surface area contributed by atoms with Crippen LogP contribution in [-0.4, -0.2) is 5.11 Å². The van der Waals surface area contributed by atoms with Crippen LogP contribution in [0.4, 0.5) is 0 Å². The van der Waals surface area contributed by atoms with Gasteiger partial charge >= 0.3 is 0 Å². The van der Waals surface area contributed by atoms with Gasteiger partial charge in [-0.3, -0.25) is 0 Å². The molecule has 0 saturated carbocycles. The summed E-state index contributed by atoms with van der Waals surface area (Å²) in [5.74, 6) is 0.361. The standard InChI is InChI=1S/C14H13BrO/c1-10-8-12(4-7-14(10)16)9-11-2-5-13(15)6-3-11/h2-8,16H,9H2,1H3. The van der Waals surface area contributed by atoms with E-state index in [2.05, 4.69) is 28.1 Å². The normalized spacial score (nSPS) is 10.4. The van der Waals surface area contributed by atoms with E-state index in [9.17, 15) is 5.11 Å². The quantitative estimate of drug-likeness (QED) is 0.877. The summed E-state index contributed by atoms with van der Waals surface area (Å²) in [6, 6.07) is 14.0. The molecule has 1 N–H and O–H groups in total. The topological polar surface area (TPSA) is 20.2 Å². The third-order valence-corrected chi connectivity index (χ3v) is 3.11. The molecule has 2 heteroatoms. The van der Waals surface area contributed by atoms with Gasteiger partial charge in [-0.2, -0.15) is 0 Å². The average molecular weight is 277 g/mol. The van der Waals surface area contributed by atoms with Crippen LogP contribution in [0.15, 0.2) is 46.9 Å². The Balaban J connectivity index is 2.20. The molecule has 0 saturated heterocycles. The summed E-state index contributed by atoms with van der Waals surface area (Å²) >= 11 is 3.42. The maximum Gasteiger partial charge on any atom is 0.118 e. The Bertz CT molecular complexity index is 489. The highest BCUT2D eigenvalue weighted by molar-refractivity contribution is 9.10. The van der Waals surface area contributed by atoms with Crippen LogP contribution in [0.25, 0.3) is 0 Å². The van der Waals surface area contributed by atoms with Crippen molar-refractivity contribution in [1.29, 1.82) is 0 Å². The fourth-order valence-electron chi connectivity index (χ4n) is 1.67. The molecule has 0 aliphatic heterocycles. The Kier molecular flexibility index (Phi) is 3.30. The summed E-state index contributed by atoms with van der Waals surface area (Å²) in [4.78, 5) is 0. The van der Waals surface area contributed by atoms with E-state index in [1.165, 1.54) is 11.1 Å². The van der Waals surface area contributed by atoms with Crippen LogP contribution >= 0.6 is 15.9 Å². The molecule has 0 unspecified atom stereocenters. The van der Waals surface area contributed by atoms with E-state index in [1.54, 1.807) is 6.07 Å². The van der Waals surface area contributed by atoms with Crippen LogP contribution in [-0.2, 0) is 6.42 Å². The molecule has 0 heterocycles. The predicted molar refractivity (Wildman–Crippen MR) is 69.8 cm³/mol. The lowest BCUT2D eigenvalue weighted by molar-refractivity contribution is 0.471. The van der Waals surface area contributed by atoms with Gasteiger partial charge in [-0.25, -0.2) is 0 Å². The first-order valence-electron chi connectivity index (χ1n) is 5.18. The summed E-state index contributed by atoms with van der Waals surface area (Å²) in [7, 11) is 0. The maximum absolute atomic E-state index is 9.44. The van der Waals surface area contributed by atoms with Crippen LogP contribution in [0.3, 0.4) is 0 Å². The minimum absolute atomic E-state index is 0.361. The van der Waals surface area contributed by atoms with Crippen LogP contribution in [0.5, 0.6) is 5.75 Å². The van der Waals surface area contributed by atoms with Crippen molar-refractivity contribution >= 4 is 15.9 Å². The van der Waals surface area contributed by atoms with Gasteiger partial charge in [0.25, 0.3) is 0 Å². The number of aryl methyl sites for hydroxylation is 1. The highest BCUT2D eigenvalue weighted by atomic mass is 79.9. The zero-order chi connectivity index (χ0) is 11.5. The van der Waals surface area contributed by atoms with Gasteiger partial charge in [0.05, 0.1) is 0 Å². The molecule has 0 aliphatic carbocycles. The van der Waals surface area contributed by atoms with E-state index in [-0.39, 0.29) is 0 Å². The smallest absolute Gasteiger partial charge is 0.118 e. The van der Waals surface area contributed by atoms with E-state index in [0.717, 1.165) is 16.5 Å². The van der Waals surface area contributed by atoms with Crippen molar-refractivity contribution in [3.8, 4) is 5.75 Å². The Labute approximate surface area is 104 Å². The van der Waals surface area contributed by atoms with Crippen molar-refractivity contribution in [3.63, 3.8) is 0 Å². The molecule has 0 aromatic heterocycles. The molecule has 2 aromatic carbocycles. The van der Waals surface area contributed by atoms with Crippen molar-refractivity contribution in [2.75, 3.05) is 0 Å². The molecular weight excluding hydrogens is 264 g/mol. The van der Waals surface area contributed by atoms with Gasteiger partial charge in [-0.1, -0.05) is 40.2 Å². The zero-order valence-corrected chi connectivity index (χ0v) is 10.7. The number of phenolic OH excluding ortho intramolecular Hbond substituents is 1. The molecule has 2 rings (SSSR count). The first kappa shape index (κ1) is 11.2. The second kappa shape index (κ2) is 4.71. The molecule has 82 valence electrons. The summed E-state index contributed by atoms with van der Waals surface area (Å²) in [5, 5.41) is 9.44. The lowest BCUT2D eigenvalue weighted by Crippen LogP contribution is -1.88. The Morgan fingerprint density at radius 3 is 2.25 bits per heavy atom. The highest BCUT2D eigenvalue weighted by Gasteiger charge is 2.00.